The molecule has 1 saturated heterocycles. The number of halogens is 1. The molecule has 1 fully saturated rings. The second-order valence-corrected chi connectivity index (χ2v) is 9.14. The molecule has 4 amide bonds. The van der Waals surface area contributed by atoms with Gasteiger partial charge in [-0.1, -0.05) is 42.5 Å². The molecule has 0 saturated carbocycles. The monoisotopic (exact) mass is 471 g/mol. The maximum absolute atomic E-state index is 15.0. The van der Waals surface area contributed by atoms with Crippen molar-refractivity contribution in [3.05, 3.63) is 65.5 Å². The van der Waals surface area contributed by atoms with Gasteiger partial charge in [0.05, 0.1) is 25.6 Å². The Morgan fingerprint density at radius 1 is 1.15 bits per heavy atom. The highest BCUT2D eigenvalue weighted by Gasteiger charge is 2.42. The number of nitrogens with zero attached hydrogens (tertiary/aromatic N) is 1. The number of nitrogens with one attached hydrogen (secondary N) is 2. The lowest BCUT2D eigenvalue weighted by Gasteiger charge is -2.38. The molecule has 0 spiro atoms. The number of hydrogen-bond acceptors (Lipinski definition) is 5. The van der Waals surface area contributed by atoms with Crippen molar-refractivity contribution >= 4 is 18.0 Å². The third-order valence-electron chi connectivity index (χ3n) is 5.43. The Balaban J connectivity index is 1.91. The largest absolute Gasteiger partial charge is 0.494 e. The van der Waals surface area contributed by atoms with Gasteiger partial charge in [0, 0.05) is 11.6 Å². The maximum Gasteiger partial charge on any atom is 0.408 e. The number of carbonyl (C=O) groups is 3. The fourth-order valence-electron chi connectivity index (χ4n) is 3.89. The van der Waals surface area contributed by atoms with Crippen LogP contribution in [0.15, 0.2) is 48.5 Å². The highest BCUT2D eigenvalue weighted by Crippen LogP contribution is 2.32. The first-order valence-electron chi connectivity index (χ1n) is 11.0. The van der Waals surface area contributed by atoms with E-state index >= 15 is 4.39 Å². The van der Waals surface area contributed by atoms with Crippen molar-refractivity contribution in [3.63, 3.8) is 0 Å². The molecule has 9 heteroatoms. The van der Waals surface area contributed by atoms with E-state index in [0.29, 0.717) is 5.56 Å². The molecule has 0 bridgehead atoms. The van der Waals surface area contributed by atoms with Crippen LogP contribution in [0.5, 0.6) is 5.75 Å². The van der Waals surface area contributed by atoms with Gasteiger partial charge in [0.15, 0.2) is 11.6 Å². The fourth-order valence-corrected chi connectivity index (χ4v) is 3.89. The van der Waals surface area contributed by atoms with Crippen LogP contribution in [0.4, 0.5) is 14.0 Å². The van der Waals surface area contributed by atoms with Crippen LogP contribution in [-0.4, -0.2) is 48.2 Å². The van der Waals surface area contributed by atoms with Gasteiger partial charge < -0.3 is 20.1 Å². The van der Waals surface area contributed by atoms with Crippen LogP contribution in [0.2, 0.25) is 0 Å². The topological polar surface area (TPSA) is 97.0 Å². The molecular weight excluding hydrogens is 441 g/mol. The van der Waals surface area contributed by atoms with E-state index in [0.717, 1.165) is 4.90 Å². The van der Waals surface area contributed by atoms with Crippen LogP contribution in [0.3, 0.4) is 0 Å². The summed E-state index contributed by atoms with van der Waals surface area (Å²) in [6.45, 7) is 6.69. The summed E-state index contributed by atoms with van der Waals surface area (Å²) in [4.78, 5) is 39.8. The molecule has 3 atom stereocenters. The normalized spacial score (nSPS) is 19.3. The van der Waals surface area contributed by atoms with Crippen LogP contribution in [0.25, 0.3) is 0 Å². The van der Waals surface area contributed by atoms with Gasteiger partial charge in [-0.2, -0.15) is 0 Å². The molecule has 2 aromatic carbocycles. The van der Waals surface area contributed by atoms with E-state index in [9.17, 15) is 14.4 Å². The number of imide groups is 1. The smallest absolute Gasteiger partial charge is 0.408 e. The van der Waals surface area contributed by atoms with E-state index in [1.165, 1.54) is 19.2 Å². The average molecular weight is 472 g/mol. The number of urea groups is 1. The lowest BCUT2D eigenvalue weighted by molar-refractivity contribution is -0.132. The van der Waals surface area contributed by atoms with Gasteiger partial charge in [0.25, 0.3) is 0 Å². The van der Waals surface area contributed by atoms with E-state index in [-0.39, 0.29) is 17.9 Å². The number of benzene rings is 2. The first-order valence-corrected chi connectivity index (χ1v) is 11.0. The van der Waals surface area contributed by atoms with Crippen LogP contribution in [-0.2, 0) is 9.53 Å². The lowest BCUT2D eigenvalue weighted by Crippen LogP contribution is -2.59. The second kappa shape index (κ2) is 10.1. The fraction of sp³-hybridized carbons (Fsp3) is 0.400. The molecule has 0 radical (unpaired) electrons. The van der Waals surface area contributed by atoms with Crippen LogP contribution >= 0.6 is 0 Å². The summed E-state index contributed by atoms with van der Waals surface area (Å²) in [6.07, 6.45) is -0.685. The van der Waals surface area contributed by atoms with Crippen molar-refractivity contribution in [2.24, 2.45) is 0 Å². The number of methoxy groups -OCH3 is 1. The number of alkyl carbamates (subject to hydrolysis) is 1. The number of ether oxygens (including phenoxy) is 2. The van der Waals surface area contributed by atoms with Crippen LogP contribution in [0.1, 0.15) is 50.8 Å². The van der Waals surface area contributed by atoms with Gasteiger partial charge in [0.2, 0.25) is 5.91 Å². The number of amides is 4. The molecule has 2 N–H and O–H groups in total. The predicted octanol–water partition coefficient (Wildman–Crippen LogP) is 4.12. The molecule has 0 aromatic heterocycles. The van der Waals surface area contributed by atoms with Crippen molar-refractivity contribution in [2.75, 3.05) is 13.7 Å². The lowest BCUT2D eigenvalue weighted by atomic mass is 9.88. The molecule has 1 heterocycles. The first kappa shape index (κ1) is 25.0. The Labute approximate surface area is 198 Å². The third kappa shape index (κ3) is 5.65. The maximum atomic E-state index is 15.0. The average Bonchev–Trinajstić information content (AvgIpc) is 2.76. The number of hydrogen-bond donors (Lipinski definition) is 2. The second-order valence-electron chi connectivity index (χ2n) is 9.14. The SMILES string of the molecule is COc1cccc(C2C(=O)N(C[C@H](NC(=O)OC(C)(C)C)c3ccccc3)C(=O)NC2C)c1F. The quantitative estimate of drug-likeness (QED) is 0.661. The summed E-state index contributed by atoms with van der Waals surface area (Å²) < 4.78 is 25.4. The van der Waals surface area contributed by atoms with Crippen molar-refractivity contribution in [1.29, 1.82) is 0 Å². The molecule has 34 heavy (non-hydrogen) atoms. The Hall–Kier alpha value is -3.62. The van der Waals surface area contributed by atoms with Crippen LogP contribution in [0, 0.1) is 5.82 Å². The molecule has 1 aliphatic rings. The highest BCUT2D eigenvalue weighted by atomic mass is 19.1. The molecule has 2 aromatic rings. The minimum absolute atomic E-state index is 0.00899. The van der Waals surface area contributed by atoms with Crippen molar-refractivity contribution in [1.82, 2.24) is 15.5 Å². The zero-order chi connectivity index (χ0) is 25.0. The summed E-state index contributed by atoms with van der Waals surface area (Å²) in [5, 5.41) is 5.48. The summed E-state index contributed by atoms with van der Waals surface area (Å²) >= 11 is 0. The predicted molar refractivity (Wildman–Crippen MR) is 124 cm³/mol. The van der Waals surface area contributed by atoms with Crippen molar-refractivity contribution in [3.8, 4) is 5.75 Å². The van der Waals surface area contributed by atoms with Crippen molar-refractivity contribution < 1.29 is 28.2 Å². The highest BCUT2D eigenvalue weighted by molar-refractivity contribution is 6.01. The third-order valence-corrected chi connectivity index (χ3v) is 5.43. The molecule has 1 aliphatic heterocycles. The van der Waals surface area contributed by atoms with Gasteiger partial charge in [-0.15, -0.1) is 0 Å². The van der Waals surface area contributed by atoms with Gasteiger partial charge >= 0.3 is 12.1 Å². The molecular formula is C25H30FN3O5. The summed E-state index contributed by atoms with van der Waals surface area (Å²) in [7, 11) is 1.34. The standard InChI is InChI=1S/C25H30FN3O5/c1-15-20(17-12-9-13-19(33-5)21(17)26)22(30)29(23(31)27-15)14-18(16-10-7-6-8-11-16)28-24(32)34-25(2,3)4/h6-13,15,18,20H,14H2,1-5H3,(H,27,31)(H,28,32)/t15?,18-,20?/m0/s1. The summed E-state index contributed by atoms with van der Waals surface area (Å²) in [5.41, 5.74) is 0.0727. The zero-order valence-corrected chi connectivity index (χ0v) is 19.9. The number of rotatable bonds is 6. The van der Waals surface area contributed by atoms with E-state index in [2.05, 4.69) is 10.6 Å². The van der Waals surface area contributed by atoms with Crippen LogP contribution < -0.4 is 15.4 Å². The summed E-state index contributed by atoms with van der Waals surface area (Å²) in [6, 6.07) is 11.5. The minimum atomic E-state index is -0.967. The van der Waals surface area contributed by atoms with E-state index in [1.54, 1.807) is 58.0 Å². The first-order chi connectivity index (χ1) is 16.0. The van der Waals surface area contributed by atoms with E-state index in [1.807, 2.05) is 6.07 Å². The van der Waals surface area contributed by atoms with Gasteiger partial charge in [-0.25, -0.2) is 14.0 Å². The Bertz CT molecular complexity index is 1050. The Kier molecular flexibility index (Phi) is 7.44. The van der Waals surface area contributed by atoms with E-state index in [4.69, 9.17) is 9.47 Å². The number of carbonyl (C=O) groups excluding carboxylic acids is 3. The molecule has 8 nitrogen and oxygen atoms in total. The zero-order valence-electron chi connectivity index (χ0n) is 19.9. The van der Waals surface area contributed by atoms with Gasteiger partial charge in [0.1, 0.15) is 5.60 Å². The molecule has 0 aliphatic carbocycles. The Morgan fingerprint density at radius 3 is 2.44 bits per heavy atom. The van der Waals surface area contributed by atoms with Gasteiger partial charge in [-0.3, -0.25) is 9.69 Å². The van der Waals surface area contributed by atoms with Crippen molar-refractivity contribution in [2.45, 2.75) is 51.3 Å². The molecule has 2 unspecified atom stereocenters. The summed E-state index contributed by atoms with van der Waals surface area (Å²) in [5.74, 6) is -2.19. The molecule has 3 rings (SSSR count). The van der Waals surface area contributed by atoms with E-state index < -0.39 is 47.5 Å². The Morgan fingerprint density at radius 2 is 1.82 bits per heavy atom. The molecule has 182 valence electrons. The minimum Gasteiger partial charge on any atom is -0.494 e. The van der Waals surface area contributed by atoms with Gasteiger partial charge in [-0.05, 0) is 39.3 Å².